The summed E-state index contributed by atoms with van der Waals surface area (Å²) in [7, 11) is 0. The van der Waals surface area contributed by atoms with Gasteiger partial charge in [0.2, 0.25) is 0 Å². The minimum absolute atomic E-state index is 0.560. The number of halogens is 1. The molecule has 0 aromatic heterocycles. The van der Waals surface area contributed by atoms with Gasteiger partial charge in [-0.05, 0) is 35.4 Å². The molecule has 0 saturated heterocycles. The number of hydrogen-bond acceptors (Lipinski definition) is 3. The van der Waals surface area contributed by atoms with Gasteiger partial charge in [0.15, 0.2) is 11.5 Å². The number of fused-ring (bicyclic) bond motifs is 1. The summed E-state index contributed by atoms with van der Waals surface area (Å²) in [6.07, 6.45) is 0.901. The van der Waals surface area contributed by atoms with E-state index in [1.165, 1.54) is 0 Å². The Hall–Kier alpha value is -1.87. The van der Waals surface area contributed by atoms with Crippen LogP contribution in [0.1, 0.15) is 6.42 Å². The number of hydrogen-bond donors (Lipinski definition) is 1. The number of ether oxygens (including phenoxy) is 2. The Morgan fingerprint density at radius 1 is 0.895 bits per heavy atom. The SMILES string of the molecule is Nc1ccc(-c2ccc3c(c2)OCCCO3)cc1Cl. The zero-order valence-corrected chi connectivity index (χ0v) is 11.1. The molecule has 3 rings (SSSR count). The summed E-state index contributed by atoms with van der Waals surface area (Å²) in [4.78, 5) is 0. The lowest BCUT2D eigenvalue weighted by molar-refractivity contribution is 0.297. The zero-order valence-electron chi connectivity index (χ0n) is 10.4. The van der Waals surface area contributed by atoms with Crippen molar-refractivity contribution in [3.05, 3.63) is 41.4 Å². The van der Waals surface area contributed by atoms with Crippen LogP contribution in [0, 0.1) is 0 Å². The highest BCUT2D eigenvalue weighted by Crippen LogP contribution is 2.35. The first-order chi connectivity index (χ1) is 9.24. The van der Waals surface area contributed by atoms with E-state index in [0.29, 0.717) is 23.9 Å². The second kappa shape index (κ2) is 5.02. The monoisotopic (exact) mass is 275 g/mol. The number of benzene rings is 2. The highest BCUT2D eigenvalue weighted by molar-refractivity contribution is 6.33. The number of anilines is 1. The molecule has 0 unspecified atom stereocenters. The Kier molecular flexibility index (Phi) is 3.22. The van der Waals surface area contributed by atoms with Crippen molar-refractivity contribution in [2.75, 3.05) is 18.9 Å². The summed E-state index contributed by atoms with van der Waals surface area (Å²) in [5.74, 6) is 1.57. The van der Waals surface area contributed by atoms with E-state index in [4.69, 9.17) is 26.8 Å². The maximum atomic E-state index is 6.05. The van der Waals surface area contributed by atoms with Crippen LogP contribution < -0.4 is 15.2 Å². The summed E-state index contributed by atoms with van der Waals surface area (Å²) in [6, 6.07) is 11.5. The maximum Gasteiger partial charge on any atom is 0.161 e. The van der Waals surface area contributed by atoms with Crippen LogP contribution in [-0.4, -0.2) is 13.2 Å². The van der Waals surface area contributed by atoms with Crippen LogP contribution in [0.15, 0.2) is 36.4 Å². The normalized spacial score (nSPS) is 13.9. The van der Waals surface area contributed by atoms with Gasteiger partial charge in [-0.25, -0.2) is 0 Å². The molecule has 98 valence electrons. The fourth-order valence-corrected chi connectivity index (χ4v) is 2.23. The van der Waals surface area contributed by atoms with E-state index in [1.54, 1.807) is 6.07 Å². The predicted octanol–water partition coefficient (Wildman–Crippen LogP) is 3.75. The first-order valence-corrected chi connectivity index (χ1v) is 6.57. The summed E-state index contributed by atoms with van der Waals surface area (Å²) in [5.41, 5.74) is 8.35. The molecule has 0 aliphatic carbocycles. The van der Waals surface area contributed by atoms with Crippen molar-refractivity contribution in [2.45, 2.75) is 6.42 Å². The van der Waals surface area contributed by atoms with Crippen LogP contribution in [-0.2, 0) is 0 Å². The van der Waals surface area contributed by atoms with E-state index >= 15 is 0 Å². The third-order valence-electron chi connectivity index (χ3n) is 3.08. The van der Waals surface area contributed by atoms with Gasteiger partial charge in [0, 0.05) is 6.42 Å². The van der Waals surface area contributed by atoms with Crippen LogP contribution in [0.4, 0.5) is 5.69 Å². The molecule has 4 heteroatoms. The maximum absolute atomic E-state index is 6.05. The van der Waals surface area contributed by atoms with Gasteiger partial charge in [-0.3, -0.25) is 0 Å². The van der Waals surface area contributed by atoms with E-state index in [9.17, 15) is 0 Å². The average Bonchev–Trinajstić information content (AvgIpc) is 2.66. The highest BCUT2D eigenvalue weighted by atomic mass is 35.5. The third-order valence-corrected chi connectivity index (χ3v) is 3.41. The third kappa shape index (κ3) is 2.47. The lowest BCUT2D eigenvalue weighted by Crippen LogP contribution is -1.97. The van der Waals surface area contributed by atoms with Gasteiger partial charge in [-0.2, -0.15) is 0 Å². The van der Waals surface area contributed by atoms with Gasteiger partial charge in [0.05, 0.1) is 23.9 Å². The lowest BCUT2D eigenvalue weighted by atomic mass is 10.0. The standard InChI is InChI=1S/C15H14ClNO2/c16-12-8-10(2-4-13(12)17)11-3-5-14-15(9-11)19-7-1-6-18-14/h2-5,8-9H,1,6-7,17H2. The molecule has 0 spiro atoms. The van der Waals surface area contributed by atoms with Gasteiger partial charge in [0.25, 0.3) is 0 Å². The quantitative estimate of drug-likeness (QED) is 0.806. The molecule has 3 nitrogen and oxygen atoms in total. The Balaban J connectivity index is 2.01. The van der Waals surface area contributed by atoms with Gasteiger partial charge >= 0.3 is 0 Å². The predicted molar refractivity (Wildman–Crippen MR) is 76.9 cm³/mol. The van der Waals surface area contributed by atoms with Crippen LogP contribution in [0.5, 0.6) is 11.5 Å². The molecular weight excluding hydrogens is 262 g/mol. The van der Waals surface area contributed by atoms with Crippen molar-refractivity contribution in [2.24, 2.45) is 0 Å². The number of nitrogens with two attached hydrogens (primary N) is 1. The summed E-state index contributed by atoms with van der Waals surface area (Å²) in [5, 5.41) is 0.560. The number of rotatable bonds is 1. The van der Waals surface area contributed by atoms with Crippen LogP contribution in [0.3, 0.4) is 0 Å². The van der Waals surface area contributed by atoms with Gasteiger partial charge in [-0.1, -0.05) is 23.7 Å². The van der Waals surface area contributed by atoms with Crippen LogP contribution >= 0.6 is 11.6 Å². The molecule has 2 aromatic rings. The summed E-state index contributed by atoms with van der Waals surface area (Å²) >= 11 is 6.05. The summed E-state index contributed by atoms with van der Waals surface area (Å²) < 4.78 is 11.3. The molecule has 19 heavy (non-hydrogen) atoms. The van der Waals surface area contributed by atoms with E-state index < -0.39 is 0 Å². The molecule has 2 N–H and O–H groups in total. The fourth-order valence-electron chi connectivity index (χ4n) is 2.05. The van der Waals surface area contributed by atoms with Crippen LogP contribution in [0.2, 0.25) is 5.02 Å². The summed E-state index contributed by atoms with van der Waals surface area (Å²) in [6.45, 7) is 1.37. The van der Waals surface area contributed by atoms with E-state index in [0.717, 1.165) is 29.0 Å². The molecule has 0 radical (unpaired) electrons. The van der Waals surface area contributed by atoms with Crippen molar-refractivity contribution < 1.29 is 9.47 Å². The first-order valence-electron chi connectivity index (χ1n) is 6.19. The number of nitrogen functional groups attached to an aromatic ring is 1. The van der Waals surface area contributed by atoms with Crippen molar-refractivity contribution in [1.29, 1.82) is 0 Å². The zero-order chi connectivity index (χ0) is 13.2. The smallest absolute Gasteiger partial charge is 0.161 e. The fraction of sp³-hybridized carbons (Fsp3) is 0.200. The molecule has 2 aromatic carbocycles. The Labute approximate surface area is 116 Å². The van der Waals surface area contributed by atoms with Crippen LogP contribution in [0.25, 0.3) is 11.1 Å². The molecule has 1 aliphatic heterocycles. The van der Waals surface area contributed by atoms with Gasteiger partial charge in [0.1, 0.15) is 0 Å². The highest BCUT2D eigenvalue weighted by Gasteiger charge is 2.11. The van der Waals surface area contributed by atoms with E-state index in [2.05, 4.69) is 0 Å². The molecule has 0 amide bonds. The molecule has 0 bridgehead atoms. The van der Waals surface area contributed by atoms with Crippen molar-refractivity contribution in [3.8, 4) is 22.6 Å². The molecule has 0 atom stereocenters. The molecule has 1 aliphatic rings. The topological polar surface area (TPSA) is 44.5 Å². The largest absolute Gasteiger partial charge is 0.490 e. The second-order valence-electron chi connectivity index (χ2n) is 4.45. The van der Waals surface area contributed by atoms with E-state index in [-0.39, 0.29) is 0 Å². The molecule has 1 heterocycles. The van der Waals surface area contributed by atoms with Gasteiger partial charge < -0.3 is 15.2 Å². The Bertz CT molecular complexity index is 613. The minimum Gasteiger partial charge on any atom is -0.490 e. The average molecular weight is 276 g/mol. The first kappa shape index (κ1) is 12.2. The Morgan fingerprint density at radius 2 is 1.58 bits per heavy atom. The molecule has 0 saturated carbocycles. The van der Waals surface area contributed by atoms with E-state index in [1.807, 2.05) is 30.3 Å². The lowest BCUT2D eigenvalue weighted by Gasteiger charge is -2.10. The second-order valence-corrected chi connectivity index (χ2v) is 4.86. The van der Waals surface area contributed by atoms with Crippen molar-refractivity contribution >= 4 is 17.3 Å². The molecular formula is C15H14ClNO2. The molecule has 0 fully saturated rings. The van der Waals surface area contributed by atoms with Crippen molar-refractivity contribution in [3.63, 3.8) is 0 Å². The Morgan fingerprint density at radius 3 is 2.37 bits per heavy atom. The van der Waals surface area contributed by atoms with Crippen molar-refractivity contribution in [1.82, 2.24) is 0 Å². The van der Waals surface area contributed by atoms with Gasteiger partial charge in [-0.15, -0.1) is 0 Å². The minimum atomic E-state index is 0.560.